The Labute approximate surface area is 198 Å². The molecule has 1 amide bonds. The summed E-state index contributed by atoms with van der Waals surface area (Å²) >= 11 is 1.60. The van der Waals surface area contributed by atoms with Crippen LogP contribution < -0.4 is 5.32 Å². The molecular formula is C25H31NO6S. The lowest BCUT2D eigenvalue weighted by atomic mass is 9.98. The second-order valence-electron chi connectivity index (χ2n) is 7.72. The van der Waals surface area contributed by atoms with E-state index < -0.39 is 18.1 Å². The van der Waals surface area contributed by atoms with Gasteiger partial charge in [-0.05, 0) is 40.8 Å². The van der Waals surface area contributed by atoms with Crippen molar-refractivity contribution in [3.05, 3.63) is 59.7 Å². The molecule has 0 saturated carbocycles. The number of carbonyl (C=O) groups is 2. The summed E-state index contributed by atoms with van der Waals surface area (Å²) in [5.74, 6) is 0.234. The molecule has 33 heavy (non-hydrogen) atoms. The van der Waals surface area contributed by atoms with Crippen LogP contribution >= 0.6 is 11.8 Å². The van der Waals surface area contributed by atoms with Crippen LogP contribution in [0.1, 0.15) is 29.9 Å². The van der Waals surface area contributed by atoms with Crippen molar-refractivity contribution in [2.24, 2.45) is 0 Å². The van der Waals surface area contributed by atoms with Gasteiger partial charge >= 0.3 is 12.1 Å². The van der Waals surface area contributed by atoms with Crippen LogP contribution in [0.2, 0.25) is 0 Å². The van der Waals surface area contributed by atoms with Crippen LogP contribution in [-0.2, 0) is 19.0 Å². The number of alkyl carbamates (subject to hydrolysis) is 1. The number of benzene rings is 2. The summed E-state index contributed by atoms with van der Waals surface area (Å²) in [5, 5.41) is 12.0. The number of thioether (sulfide) groups is 1. The molecule has 2 aromatic carbocycles. The van der Waals surface area contributed by atoms with Crippen molar-refractivity contribution in [3.63, 3.8) is 0 Å². The topological polar surface area (TPSA) is 94.1 Å². The first-order valence-electron chi connectivity index (χ1n) is 11.1. The molecule has 2 aromatic rings. The van der Waals surface area contributed by atoms with Crippen LogP contribution in [0.5, 0.6) is 0 Å². The number of methoxy groups -OCH3 is 1. The maximum atomic E-state index is 12.4. The van der Waals surface area contributed by atoms with Crippen LogP contribution in [-0.4, -0.2) is 68.3 Å². The predicted molar refractivity (Wildman–Crippen MR) is 129 cm³/mol. The number of carbonyl (C=O) groups excluding carboxylic acids is 1. The third kappa shape index (κ3) is 7.22. The van der Waals surface area contributed by atoms with Crippen LogP contribution in [0, 0.1) is 0 Å². The Morgan fingerprint density at radius 3 is 2.30 bits per heavy atom. The van der Waals surface area contributed by atoms with Crippen molar-refractivity contribution in [2.75, 3.05) is 45.0 Å². The lowest BCUT2D eigenvalue weighted by Crippen LogP contribution is -2.41. The van der Waals surface area contributed by atoms with Crippen LogP contribution in [0.4, 0.5) is 4.79 Å². The Kier molecular flexibility index (Phi) is 10.1. The Morgan fingerprint density at radius 2 is 1.67 bits per heavy atom. The zero-order valence-electron chi connectivity index (χ0n) is 18.8. The number of fused-ring (bicyclic) bond motifs is 3. The van der Waals surface area contributed by atoms with E-state index >= 15 is 0 Å². The molecule has 1 atom stereocenters. The number of nitrogens with one attached hydrogen (secondary N) is 1. The second kappa shape index (κ2) is 13.2. The summed E-state index contributed by atoms with van der Waals surface area (Å²) in [6, 6.07) is 15.2. The average molecular weight is 474 g/mol. The first-order valence-corrected chi connectivity index (χ1v) is 12.3. The number of ether oxygens (including phenoxy) is 3. The molecule has 2 N–H and O–H groups in total. The first-order chi connectivity index (χ1) is 16.1. The van der Waals surface area contributed by atoms with Crippen LogP contribution in [0.3, 0.4) is 0 Å². The highest BCUT2D eigenvalue weighted by atomic mass is 32.2. The van der Waals surface area contributed by atoms with Gasteiger partial charge in [0.1, 0.15) is 12.6 Å². The largest absolute Gasteiger partial charge is 0.480 e. The number of hydrogen-bond acceptors (Lipinski definition) is 6. The monoisotopic (exact) mass is 473 g/mol. The molecule has 1 aliphatic carbocycles. The second-order valence-corrected chi connectivity index (χ2v) is 8.95. The lowest BCUT2D eigenvalue weighted by Gasteiger charge is -2.17. The van der Waals surface area contributed by atoms with Gasteiger partial charge in [0.15, 0.2) is 0 Å². The summed E-state index contributed by atoms with van der Waals surface area (Å²) in [6.07, 6.45) is 0.455. The molecule has 0 spiro atoms. The number of aliphatic carboxylic acids is 1. The van der Waals surface area contributed by atoms with E-state index in [-0.39, 0.29) is 12.5 Å². The smallest absolute Gasteiger partial charge is 0.407 e. The van der Waals surface area contributed by atoms with Crippen molar-refractivity contribution < 1.29 is 28.9 Å². The molecule has 0 heterocycles. The molecule has 0 saturated heterocycles. The Balaban J connectivity index is 1.42. The molecule has 0 aliphatic heterocycles. The number of carboxylic acid groups (broad SMARTS) is 1. The summed E-state index contributed by atoms with van der Waals surface area (Å²) in [7, 11) is 1.66. The molecule has 178 valence electrons. The molecule has 8 heteroatoms. The van der Waals surface area contributed by atoms with Gasteiger partial charge < -0.3 is 24.6 Å². The van der Waals surface area contributed by atoms with Gasteiger partial charge in [-0.15, -0.1) is 0 Å². The van der Waals surface area contributed by atoms with Gasteiger partial charge in [-0.25, -0.2) is 9.59 Å². The first kappa shape index (κ1) is 25.1. The van der Waals surface area contributed by atoms with Gasteiger partial charge in [-0.1, -0.05) is 48.5 Å². The standard InChI is InChI=1S/C25H31NO6S/c1-30-12-6-13-31-14-16-33-15-11-23(24(27)28)26-25(29)32-17-22-20-9-4-2-7-18(20)19-8-3-5-10-21(19)22/h2-5,7-10,22-23H,6,11-17H2,1H3,(H,26,29)(H,27,28). The maximum Gasteiger partial charge on any atom is 0.407 e. The normalized spacial score (nSPS) is 13.2. The quantitative estimate of drug-likeness (QED) is 0.398. The summed E-state index contributed by atoms with van der Waals surface area (Å²) in [4.78, 5) is 23.9. The van der Waals surface area contributed by atoms with Gasteiger partial charge in [-0.3, -0.25) is 0 Å². The Hall–Kier alpha value is -2.55. The fourth-order valence-corrected chi connectivity index (χ4v) is 4.71. The van der Waals surface area contributed by atoms with E-state index in [1.165, 1.54) is 0 Å². The summed E-state index contributed by atoms with van der Waals surface area (Å²) in [5.41, 5.74) is 4.51. The van der Waals surface area contributed by atoms with Gasteiger partial charge in [0.05, 0.1) is 6.61 Å². The molecule has 0 fully saturated rings. The fraction of sp³-hybridized carbons (Fsp3) is 0.440. The van der Waals surface area contributed by atoms with Crippen LogP contribution in [0.15, 0.2) is 48.5 Å². The Bertz CT molecular complexity index is 876. The maximum absolute atomic E-state index is 12.4. The highest BCUT2D eigenvalue weighted by molar-refractivity contribution is 7.99. The molecule has 0 aromatic heterocycles. The summed E-state index contributed by atoms with van der Waals surface area (Å²) < 4.78 is 15.9. The fourth-order valence-electron chi connectivity index (χ4n) is 3.87. The molecule has 1 aliphatic rings. The SMILES string of the molecule is COCCCOCCSCCC(NC(=O)OCC1c2ccccc2-c2ccccc21)C(=O)O. The van der Waals surface area contributed by atoms with E-state index in [0.717, 1.165) is 34.4 Å². The molecule has 0 radical (unpaired) electrons. The van der Waals surface area contributed by atoms with Crippen molar-refractivity contribution in [2.45, 2.75) is 24.8 Å². The van der Waals surface area contributed by atoms with E-state index in [2.05, 4.69) is 17.4 Å². The van der Waals surface area contributed by atoms with E-state index in [1.807, 2.05) is 36.4 Å². The highest BCUT2D eigenvalue weighted by Gasteiger charge is 2.29. The van der Waals surface area contributed by atoms with Gasteiger partial charge in [-0.2, -0.15) is 11.8 Å². The Morgan fingerprint density at radius 1 is 1.00 bits per heavy atom. The minimum Gasteiger partial charge on any atom is -0.480 e. The van der Waals surface area contributed by atoms with E-state index in [4.69, 9.17) is 14.2 Å². The van der Waals surface area contributed by atoms with Crippen LogP contribution in [0.25, 0.3) is 11.1 Å². The minimum atomic E-state index is -1.07. The van der Waals surface area contributed by atoms with Gasteiger partial charge in [0, 0.05) is 32.0 Å². The van der Waals surface area contributed by atoms with E-state index in [0.29, 0.717) is 32.0 Å². The minimum absolute atomic E-state index is 0.0640. The highest BCUT2D eigenvalue weighted by Crippen LogP contribution is 2.44. The zero-order chi connectivity index (χ0) is 23.5. The summed E-state index contributed by atoms with van der Waals surface area (Å²) in [6.45, 7) is 2.08. The molecule has 3 rings (SSSR count). The van der Waals surface area contributed by atoms with Gasteiger partial charge in [0.25, 0.3) is 0 Å². The predicted octanol–water partition coefficient (Wildman–Crippen LogP) is 4.15. The number of hydrogen-bond donors (Lipinski definition) is 2. The van der Waals surface area contributed by atoms with Gasteiger partial charge in [0.2, 0.25) is 0 Å². The molecule has 7 nitrogen and oxygen atoms in total. The van der Waals surface area contributed by atoms with Crippen molar-refractivity contribution in [1.82, 2.24) is 5.32 Å². The molecular weight excluding hydrogens is 442 g/mol. The van der Waals surface area contributed by atoms with E-state index in [9.17, 15) is 14.7 Å². The third-order valence-electron chi connectivity index (χ3n) is 5.49. The molecule has 1 unspecified atom stereocenters. The lowest BCUT2D eigenvalue weighted by molar-refractivity contribution is -0.139. The third-order valence-corrected chi connectivity index (χ3v) is 6.47. The van der Waals surface area contributed by atoms with Crippen molar-refractivity contribution >= 4 is 23.8 Å². The number of carboxylic acids is 1. The molecule has 0 bridgehead atoms. The number of rotatable bonds is 14. The van der Waals surface area contributed by atoms with E-state index in [1.54, 1.807) is 18.9 Å². The zero-order valence-corrected chi connectivity index (χ0v) is 19.6. The average Bonchev–Trinajstić information content (AvgIpc) is 3.14. The van der Waals surface area contributed by atoms with Crippen molar-refractivity contribution in [3.8, 4) is 11.1 Å². The number of amides is 1. The van der Waals surface area contributed by atoms with Crippen molar-refractivity contribution in [1.29, 1.82) is 0 Å².